The van der Waals surface area contributed by atoms with Crippen molar-refractivity contribution in [3.63, 3.8) is 0 Å². The summed E-state index contributed by atoms with van der Waals surface area (Å²) in [6.07, 6.45) is 4.03. The van der Waals surface area contributed by atoms with Gasteiger partial charge in [0.05, 0.1) is 6.20 Å². The van der Waals surface area contributed by atoms with E-state index in [2.05, 4.69) is 20.1 Å². The van der Waals surface area contributed by atoms with Gasteiger partial charge in [-0.05, 0) is 4.98 Å². The van der Waals surface area contributed by atoms with E-state index in [4.69, 9.17) is 0 Å². The standard InChI is InChI=1S/C5H3N5O/c11-10-5-4(8-3-9-10)6-1-2-7-5/h1-3H. The zero-order valence-electron chi connectivity index (χ0n) is 5.38. The summed E-state index contributed by atoms with van der Waals surface area (Å²) in [6.45, 7) is 0. The minimum atomic E-state index is 0.134. The van der Waals surface area contributed by atoms with E-state index < -0.39 is 0 Å². The molecule has 11 heavy (non-hydrogen) atoms. The molecular formula is C5H3N5O. The molecule has 0 saturated heterocycles. The summed E-state index contributed by atoms with van der Waals surface area (Å²) in [5.74, 6) is 0. The Morgan fingerprint density at radius 3 is 2.82 bits per heavy atom. The fourth-order valence-corrected chi connectivity index (χ4v) is 0.731. The fraction of sp³-hybridized carbons (Fsp3) is 0. The molecule has 0 saturated carbocycles. The van der Waals surface area contributed by atoms with E-state index in [1.165, 1.54) is 12.4 Å². The summed E-state index contributed by atoms with van der Waals surface area (Å²) in [5.41, 5.74) is 0.438. The van der Waals surface area contributed by atoms with Gasteiger partial charge in [0.1, 0.15) is 0 Å². The zero-order valence-corrected chi connectivity index (χ0v) is 5.38. The maximum Gasteiger partial charge on any atom is 0.392 e. The molecule has 2 heterocycles. The Hall–Kier alpha value is -1.85. The van der Waals surface area contributed by atoms with Crippen molar-refractivity contribution in [2.24, 2.45) is 0 Å². The average molecular weight is 149 g/mol. The van der Waals surface area contributed by atoms with E-state index in [0.717, 1.165) is 6.33 Å². The lowest BCUT2D eigenvalue weighted by Gasteiger charge is -1.96. The quantitative estimate of drug-likeness (QED) is 0.356. The van der Waals surface area contributed by atoms with E-state index in [1.807, 2.05) is 0 Å². The van der Waals surface area contributed by atoms with Crippen LogP contribution in [0.5, 0.6) is 0 Å². The Labute approximate surface area is 61.1 Å². The predicted molar refractivity (Wildman–Crippen MR) is 34.1 cm³/mol. The number of hydrogen-bond acceptors (Lipinski definition) is 5. The van der Waals surface area contributed by atoms with Crippen LogP contribution in [0.4, 0.5) is 0 Å². The van der Waals surface area contributed by atoms with Gasteiger partial charge in [-0.1, -0.05) is 5.10 Å². The summed E-state index contributed by atoms with van der Waals surface area (Å²) >= 11 is 0. The third-order valence-electron chi connectivity index (χ3n) is 1.18. The van der Waals surface area contributed by atoms with Crippen molar-refractivity contribution in [2.45, 2.75) is 0 Å². The number of hydrogen-bond donors (Lipinski definition) is 0. The van der Waals surface area contributed by atoms with E-state index >= 15 is 0 Å². The van der Waals surface area contributed by atoms with Crippen molar-refractivity contribution < 1.29 is 4.85 Å². The van der Waals surface area contributed by atoms with Gasteiger partial charge >= 0.3 is 5.65 Å². The van der Waals surface area contributed by atoms with Crippen LogP contribution < -0.4 is 4.85 Å². The van der Waals surface area contributed by atoms with Crippen LogP contribution in [-0.4, -0.2) is 20.1 Å². The molecule has 0 N–H and O–H groups in total. The number of aromatic nitrogens is 5. The van der Waals surface area contributed by atoms with Gasteiger partial charge in [0.25, 0.3) is 5.65 Å². The Bertz CT molecular complexity index is 384. The summed E-state index contributed by atoms with van der Waals surface area (Å²) in [7, 11) is 0. The first-order chi connectivity index (χ1) is 5.38. The highest BCUT2D eigenvalue weighted by molar-refractivity contribution is 5.58. The summed E-state index contributed by atoms with van der Waals surface area (Å²) in [6, 6.07) is 0. The highest BCUT2D eigenvalue weighted by Crippen LogP contribution is 1.92. The highest BCUT2D eigenvalue weighted by atomic mass is 16.5. The van der Waals surface area contributed by atoms with Gasteiger partial charge in [0.2, 0.25) is 0 Å². The highest BCUT2D eigenvalue weighted by Gasteiger charge is 2.05. The summed E-state index contributed by atoms with van der Waals surface area (Å²) < 4.78 is 0. The second-order valence-electron chi connectivity index (χ2n) is 1.84. The van der Waals surface area contributed by atoms with Gasteiger partial charge in [-0.25, -0.2) is 9.97 Å². The van der Waals surface area contributed by atoms with Crippen molar-refractivity contribution in [3.05, 3.63) is 23.9 Å². The largest absolute Gasteiger partial charge is 0.690 e. The van der Waals surface area contributed by atoms with E-state index in [1.54, 1.807) is 0 Å². The van der Waals surface area contributed by atoms with Crippen molar-refractivity contribution in [1.82, 2.24) is 20.1 Å². The van der Waals surface area contributed by atoms with Gasteiger partial charge in [0.15, 0.2) is 12.5 Å². The first-order valence-corrected chi connectivity index (χ1v) is 2.89. The van der Waals surface area contributed by atoms with Crippen molar-refractivity contribution >= 4 is 11.3 Å². The molecular weight excluding hydrogens is 146 g/mol. The first kappa shape index (κ1) is 5.90. The van der Waals surface area contributed by atoms with Crippen LogP contribution >= 0.6 is 0 Å². The molecule has 0 radical (unpaired) electrons. The normalized spacial score (nSPS) is 10.2. The zero-order chi connectivity index (χ0) is 7.68. The third kappa shape index (κ3) is 0.841. The van der Waals surface area contributed by atoms with Gasteiger partial charge in [-0.3, -0.25) is 0 Å². The van der Waals surface area contributed by atoms with Crippen LogP contribution in [0.1, 0.15) is 0 Å². The second kappa shape index (κ2) is 2.08. The molecule has 0 aliphatic carbocycles. The van der Waals surface area contributed by atoms with Crippen LogP contribution in [0.2, 0.25) is 0 Å². The van der Waals surface area contributed by atoms with Gasteiger partial charge in [-0.15, -0.1) is 4.85 Å². The van der Waals surface area contributed by atoms with Crippen LogP contribution in [0, 0.1) is 5.21 Å². The summed E-state index contributed by atoms with van der Waals surface area (Å²) in [4.78, 5) is 11.7. The van der Waals surface area contributed by atoms with Gasteiger partial charge in [0, 0.05) is 0 Å². The maximum atomic E-state index is 10.8. The molecule has 0 amide bonds. The Morgan fingerprint density at radius 1 is 1.18 bits per heavy atom. The van der Waals surface area contributed by atoms with E-state index in [0.29, 0.717) is 10.5 Å². The lowest BCUT2D eigenvalue weighted by Crippen LogP contribution is -2.32. The first-order valence-electron chi connectivity index (χ1n) is 2.89. The van der Waals surface area contributed by atoms with Crippen molar-refractivity contribution in [2.75, 3.05) is 0 Å². The smallest absolute Gasteiger partial charge is 0.392 e. The molecule has 2 aromatic rings. The van der Waals surface area contributed by atoms with Crippen LogP contribution in [0.3, 0.4) is 0 Å². The average Bonchev–Trinajstić information content (AvgIpc) is 2.06. The molecule has 0 bridgehead atoms. The SMILES string of the molecule is [O-][n+]1ncnc2nccnc21. The molecule has 0 aliphatic heterocycles. The molecule has 2 rings (SSSR count). The Morgan fingerprint density at radius 2 is 2.00 bits per heavy atom. The second-order valence-corrected chi connectivity index (χ2v) is 1.84. The monoisotopic (exact) mass is 149 g/mol. The Balaban J connectivity index is 2.91. The molecule has 0 atom stereocenters. The molecule has 2 aromatic heterocycles. The number of fused-ring (bicyclic) bond motifs is 1. The fourth-order valence-electron chi connectivity index (χ4n) is 0.731. The third-order valence-corrected chi connectivity index (χ3v) is 1.18. The molecule has 0 fully saturated rings. The Kier molecular flexibility index (Phi) is 1.12. The predicted octanol–water partition coefficient (Wildman–Crippen LogP) is -0.947. The van der Waals surface area contributed by atoms with Crippen LogP contribution in [-0.2, 0) is 0 Å². The number of nitrogens with zero attached hydrogens (tertiary/aromatic N) is 5. The maximum absolute atomic E-state index is 10.8. The van der Waals surface area contributed by atoms with Crippen LogP contribution in [0.25, 0.3) is 11.3 Å². The topological polar surface area (TPSA) is 78.5 Å². The summed E-state index contributed by atoms with van der Waals surface area (Å²) in [5, 5.41) is 14.2. The lowest BCUT2D eigenvalue weighted by atomic mass is 10.6. The molecule has 54 valence electrons. The minimum Gasteiger partial charge on any atom is -0.690 e. The molecule has 0 aromatic carbocycles. The lowest BCUT2D eigenvalue weighted by molar-refractivity contribution is -0.645. The van der Waals surface area contributed by atoms with E-state index in [9.17, 15) is 5.21 Å². The van der Waals surface area contributed by atoms with Crippen LogP contribution in [0.15, 0.2) is 18.7 Å². The number of rotatable bonds is 0. The molecule has 6 heteroatoms. The van der Waals surface area contributed by atoms with Gasteiger partial charge < -0.3 is 5.21 Å². The molecule has 0 spiro atoms. The molecule has 6 nitrogen and oxygen atoms in total. The minimum absolute atomic E-state index is 0.134. The van der Waals surface area contributed by atoms with E-state index in [-0.39, 0.29) is 5.65 Å². The van der Waals surface area contributed by atoms with Crippen molar-refractivity contribution in [3.8, 4) is 0 Å². The van der Waals surface area contributed by atoms with Gasteiger partial charge in [-0.2, -0.15) is 0 Å². The molecule has 0 aliphatic rings. The van der Waals surface area contributed by atoms with Crippen molar-refractivity contribution in [1.29, 1.82) is 0 Å². The molecule has 0 unspecified atom stereocenters.